The second-order valence-corrected chi connectivity index (χ2v) is 4.93. The molecule has 7 heteroatoms. The molecular formula is C14H19ClF2N2O2. The van der Waals surface area contributed by atoms with Crippen molar-refractivity contribution in [2.45, 2.75) is 25.4 Å². The molecule has 2 rings (SSSR count). The van der Waals surface area contributed by atoms with E-state index >= 15 is 0 Å². The quantitative estimate of drug-likeness (QED) is 0.888. The summed E-state index contributed by atoms with van der Waals surface area (Å²) in [4.78, 5) is 11.9. The van der Waals surface area contributed by atoms with Crippen LogP contribution in [0.5, 0.6) is 0 Å². The fourth-order valence-electron chi connectivity index (χ4n) is 2.25. The molecule has 1 aromatic rings. The van der Waals surface area contributed by atoms with Gasteiger partial charge in [-0.25, -0.2) is 8.78 Å². The molecule has 1 unspecified atom stereocenters. The number of carbonyl (C=O) groups excluding carboxylic acids is 1. The minimum atomic E-state index is -0.676. The minimum absolute atomic E-state index is 0. The van der Waals surface area contributed by atoms with E-state index in [0.717, 1.165) is 25.0 Å². The third-order valence-corrected chi connectivity index (χ3v) is 3.54. The van der Waals surface area contributed by atoms with E-state index < -0.39 is 17.7 Å². The summed E-state index contributed by atoms with van der Waals surface area (Å²) in [7, 11) is 0. The molecule has 0 radical (unpaired) electrons. The van der Waals surface area contributed by atoms with E-state index in [1.54, 1.807) is 0 Å². The third kappa shape index (κ3) is 4.91. The monoisotopic (exact) mass is 320 g/mol. The molecule has 3 N–H and O–H groups in total. The Morgan fingerprint density at radius 2 is 2.05 bits per heavy atom. The molecule has 21 heavy (non-hydrogen) atoms. The Morgan fingerprint density at radius 1 is 1.38 bits per heavy atom. The Kier molecular flexibility index (Phi) is 7.01. The number of hydrogen-bond acceptors (Lipinski definition) is 3. The number of rotatable bonds is 4. The normalized spacial score (nSPS) is 16.9. The van der Waals surface area contributed by atoms with E-state index in [2.05, 4.69) is 5.32 Å². The topological polar surface area (TPSA) is 64.4 Å². The molecule has 1 aliphatic rings. The number of nitrogens with two attached hydrogens (primary N) is 1. The third-order valence-electron chi connectivity index (χ3n) is 3.54. The zero-order valence-electron chi connectivity index (χ0n) is 11.5. The Labute approximate surface area is 128 Å². The summed E-state index contributed by atoms with van der Waals surface area (Å²) >= 11 is 0. The van der Waals surface area contributed by atoms with Gasteiger partial charge in [0.2, 0.25) is 5.91 Å². The van der Waals surface area contributed by atoms with Crippen LogP contribution in [0.1, 0.15) is 18.4 Å². The fraction of sp³-hybridized carbons (Fsp3) is 0.500. The Bertz CT molecular complexity index is 482. The average molecular weight is 321 g/mol. The van der Waals surface area contributed by atoms with Crippen molar-refractivity contribution < 1.29 is 18.3 Å². The van der Waals surface area contributed by atoms with Crippen LogP contribution in [-0.4, -0.2) is 25.2 Å². The van der Waals surface area contributed by atoms with Crippen molar-refractivity contribution in [1.82, 2.24) is 5.32 Å². The molecule has 118 valence electrons. The van der Waals surface area contributed by atoms with Crippen molar-refractivity contribution in [3.63, 3.8) is 0 Å². The van der Waals surface area contributed by atoms with Crippen LogP contribution < -0.4 is 11.1 Å². The maximum atomic E-state index is 13.4. The molecule has 0 bridgehead atoms. The lowest BCUT2D eigenvalue weighted by atomic mass is 9.92. The van der Waals surface area contributed by atoms with Gasteiger partial charge in [0.1, 0.15) is 11.6 Å². The largest absolute Gasteiger partial charge is 0.381 e. The van der Waals surface area contributed by atoms with Gasteiger partial charge in [0.25, 0.3) is 0 Å². The van der Waals surface area contributed by atoms with E-state index in [1.807, 2.05) is 0 Å². The summed E-state index contributed by atoms with van der Waals surface area (Å²) in [6.45, 7) is 1.22. The number of amides is 1. The lowest BCUT2D eigenvalue weighted by Gasteiger charge is -2.26. The number of carbonyl (C=O) groups is 1. The van der Waals surface area contributed by atoms with E-state index in [9.17, 15) is 13.6 Å². The SMILES string of the molecule is Cl.NC(C(=O)NCc1ccc(F)cc1F)C1CCOCC1. The Hall–Kier alpha value is -1.24. The van der Waals surface area contributed by atoms with Gasteiger partial charge < -0.3 is 15.8 Å². The number of nitrogens with one attached hydrogen (secondary N) is 1. The van der Waals surface area contributed by atoms with Gasteiger partial charge in [-0.2, -0.15) is 0 Å². The molecule has 1 aromatic carbocycles. The van der Waals surface area contributed by atoms with E-state index in [-0.39, 0.29) is 36.3 Å². The first-order valence-corrected chi connectivity index (χ1v) is 6.63. The first-order chi connectivity index (χ1) is 9.58. The van der Waals surface area contributed by atoms with Gasteiger partial charge in [-0.1, -0.05) is 6.07 Å². The standard InChI is InChI=1S/C14H18F2N2O2.ClH/c15-11-2-1-10(12(16)7-11)8-18-14(19)13(17)9-3-5-20-6-4-9;/h1-2,7,9,13H,3-6,8,17H2,(H,18,19);1H. The fourth-order valence-corrected chi connectivity index (χ4v) is 2.25. The first-order valence-electron chi connectivity index (χ1n) is 6.63. The second kappa shape index (κ2) is 8.26. The lowest BCUT2D eigenvalue weighted by molar-refractivity contribution is -0.124. The molecule has 0 saturated carbocycles. The first kappa shape index (κ1) is 17.8. The summed E-state index contributed by atoms with van der Waals surface area (Å²) in [6.07, 6.45) is 1.50. The lowest BCUT2D eigenvalue weighted by Crippen LogP contribution is -2.46. The molecular weight excluding hydrogens is 302 g/mol. The highest BCUT2D eigenvalue weighted by Crippen LogP contribution is 2.18. The highest BCUT2D eigenvalue weighted by molar-refractivity contribution is 5.85. The predicted molar refractivity (Wildman–Crippen MR) is 77.0 cm³/mol. The van der Waals surface area contributed by atoms with Gasteiger partial charge in [-0.05, 0) is 24.8 Å². The molecule has 1 saturated heterocycles. The zero-order chi connectivity index (χ0) is 14.5. The van der Waals surface area contributed by atoms with Crippen molar-refractivity contribution in [1.29, 1.82) is 0 Å². The van der Waals surface area contributed by atoms with Crippen LogP contribution in [0.25, 0.3) is 0 Å². The molecule has 1 aliphatic heterocycles. The van der Waals surface area contributed by atoms with E-state index in [0.29, 0.717) is 13.2 Å². The van der Waals surface area contributed by atoms with Gasteiger partial charge in [0, 0.05) is 31.4 Å². The van der Waals surface area contributed by atoms with E-state index in [4.69, 9.17) is 10.5 Å². The van der Waals surface area contributed by atoms with Crippen LogP contribution in [0.3, 0.4) is 0 Å². The van der Waals surface area contributed by atoms with Crippen LogP contribution in [0, 0.1) is 17.6 Å². The summed E-state index contributed by atoms with van der Waals surface area (Å²) in [5.74, 6) is -1.55. The highest BCUT2D eigenvalue weighted by Gasteiger charge is 2.26. The highest BCUT2D eigenvalue weighted by atomic mass is 35.5. The Morgan fingerprint density at radius 3 is 2.67 bits per heavy atom. The van der Waals surface area contributed by atoms with Gasteiger partial charge >= 0.3 is 0 Å². The molecule has 4 nitrogen and oxygen atoms in total. The summed E-state index contributed by atoms with van der Waals surface area (Å²) in [6, 6.07) is 2.63. The van der Waals surface area contributed by atoms with Crippen LogP contribution >= 0.6 is 12.4 Å². The Balaban J connectivity index is 0.00000220. The van der Waals surface area contributed by atoms with Gasteiger partial charge in [-0.15, -0.1) is 12.4 Å². The average Bonchev–Trinajstić information content (AvgIpc) is 2.46. The van der Waals surface area contributed by atoms with Crippen LogP contribution in [-0.2, 0) is 16.1 Å². The van der Waals surface area contributed by atoms with Crippen molar-refractivity contribution >= 4 is 18.3 Å². The van der Waals surface area contributed by atoms with Gasteiger partial charge in [0.15, 0.2) is 0 Å². The molecule has 1 fully saturated rings. The number of benzene rings is 1. The van der Waals surface area contributed by atoms with Crippen molar-refractivity contribution in [3.05, 3.63) is 35.4 Å². The molecule has 1 amide bonds. The van der Waals surface area contributed by atoms with Crippen LogP contribution in [0.15, 0.2) is 18.2 Å². The summed E-state index contributed by atoms with van der Waals surface area (Å²) < 4.78 is 31.4. The number of halogens is 3. The zero-order valence-corrected chi connectivity index (χ0v) is 12.3. The molecule has 0 aromatic heterocycles. The van der Waals surface area contributed by atoms with Crippen LogP contribution in [0.2, 0.25) is 0 Å². The molecule has 1 atom stereocenters. The van der Waals surface area contributed by atoms with Crippen molar-refractivity contribution in [3.8, 4) is 0 Å². The maximum Gasteiger partial charge on any atom is 0.237 e. The molecule has 0 spiro atoms. The number of ether oxygens (including phenoxy) is 1. The predicted octanol–water partition coefficient (Wildman–Crippen LogP) is 1.76. The summed E-state index contributed by atoms with van der Waals surface area (Å²) in [5.41, 5.74) is 6.13. The van der Waals surface area contributed by atoms with Crippen LogP contribution in [0.4, 0.5) is 8.78 Å². The van der Waals surface area contributed by atoms with Gasteiger partial charge in [0.05, 0.1) is 6.04 Å². The summed E-state index contributed by atoms with van der Waals surface area (Å²) in [5, 5.41) is 2.59. The minimum Gasteiger partial charge on any atom is -0.381 e. The number of hydrogen-bond donors (Lipinski definition) is 2. The van der Waals surface area contributed by atoms with E-state index in [1.165, 1.54) is 6.07 Å². The van der Waals surface area contributed by atoms with Crippen molar-refractivity contribution in [2.24, 2.45) is 11.7 Å². The van der Waals surface area contributed by atoms with Gasteiger partial charge in [-0.3, -0.25) is 4.79 Å². The van der Waals surface area contributed by atoms with Crippen molar-refractivity contribution in [2.75, 3.05) is 13.2 Å². The second-order valence-electron chi connectivity index (χ2n) is 4.93. The molecule has 1 heterocycles. The molecule has 0 aliphatic carbocycles. The smallest absolute Gasteiger partial charge is 0.237 e. The maximum absolute atomic E-state index is 13.4.